The highest BCUT2D eigenvalue weighted by Crippen LogP contribution is 2.26. The zero-order valence-corrected chi connectivity index (χ0v) is 14.2. The Morgan fingerprint density at radius 1 is 1.26 bits per heavy atom. The largest absolute Gasteiger partial charge is 0.350 e. The summed E-state index contributed by atoms with van der Waals surface area (Å²) in [6.45, 7) is 2.26. The summed E-state index contributed by atoms with van der Waals surface area (Å²) in [6.07, 6.45) is 2.41. The van der Waals surface area contributed by atoms with E-state index >= 15 is 0 Å². The molecule has 2 heterocycles. The first-order valence-electron chi connectivity index (χ1n) is 7.83. The Bertz CT molecular complexity index is 617. The molecular formula is C16H19Cl2N3O2. The minimum absolute atomic E-state index is 0.0808. The Labute approximate surface area is 145 Å². The molecular weight excluding hydrogens is 337 g/mol. The van der Waals surface area contributed by atoms with Gasteiger partial charge in [-0.3, -0.25) is 9.59 Å². The van der Waals surface area contributed by atoms with Gasteiger partial charge >= 0.3 is 0 Å². The van der Waals surface area contributed by atoms with Gasteiger partial charge in [0.15, 0.2) is 0 Å². The van der Waals surface area contributed by atoms with Crippen LogP contribution >= 0.6 is 23.2 Å². The van der Waals surface area contributed by atoms with E-state index in [2.05, 4.69) is 10.6 Å². The SMILES string of the molecule is O=C(NC1CCNC1)C1CCCN1C(=O)c1cc(Cl)ccc1Cl. The highest BCUT2D eigenvalue weighted by Gasteiger charge is 2.36. The van der Waals surface area contributed by atoms with Gasteiger partial charge in [-0.25, -0.2) is 0 Å². The highest BCUT2D eigenvalue weighted by atomic mass is 35.5. The fraction of sp³-hybridized carbons (Fsp3) is 0.500. The Morgan fingerprint density at radius 2 is 2.09 bits per heavy atom. The molecule has 0 aliphatic carbocycles. The molecule has 2 unspecified atom stereocenters. The molecule has 124 valence electrons. The van der Waals surface area contributed by atoms with E-state index in [9.17, 15) is 9.59 Å². The smallest absolute Gasteiger partial charge is 0.256 e. The molecule has 1 aromatic carbocycles. The number of benzene rings is 1. The van der Waals surface area contributed by atoms with Gasteiger partial charge in [0, 0.05) is 24.2 Å². The third kappa shape index (κ3) is 3.62. The van der Waals surface area contributed by atoms with Crippen LogP contribution in [0.3, 0.4) is 0 Å². The van der Waals surface area contributed by atoms with Crippen LogP contribution in [-0.2, 0) is 4.79 Å². The predicted molar refractivity (Wildman–Crippen MR) is 89.9 cm³/mol. The quantitative estimate of drug-likeness (QED) is 0.872. The lowest BCUT2D eigenvalue weighted by Gasteiger charge is -2.25. The van der Waals surface area contributed by atoms with Crippen molar-refractivity contribution in [1.29, 1.82) is 0 Å². The lowest BCUT2D eigenvalue weighted by atomic mass is 10.1. The molecule has 7 heteroatoms. The number of nitrogens with one attached hydrogen (secondary N) is 2. The second-order valence-corrected chi connectivity index (χ2v) is 6.82. The maximum atomic E-state index is 12.8. The van der Waals surface area contributed by atoms with Crippen molar-refractivity contribution in [3.05, 3.63) is 33.8 Å². The molecule has 0 spiro atoms. The number of halogens is 2. The van der Waals surface area contributed by atoms with Crippen molar-refractivity contribution in [2.75, 3.05) is 19.6 Å². The highest BCUT2D eigenvalue weighted by molar-refractivity contribution is 6.35. The van der Waals surface area contributed by atoms with E-state index in [0.29, 0.717) is 28.6 Å². The summed E-state index contributed by atoms with van der Waals surface area (Å²) in [5.74, 6) is -0.317. The minimum Gasteiger partial charge on any atom is -0.350 e. The molecule has 0 saturated carbocycles. The van der Waals surface area contributed by atoms with Crippen LogP contribution in [0.2, 0.25) is 10.0 Å². The zero-order valence-electron chi connectivity index (χ0n) is 12.6. The summed E-state index contributed by atoms with van der Waals surface area (Å²) in [6, 6.07) is 4.52. The standard InChI is InChI=1S/C16H19Cl2N3O2/c17-10-3-4-13(18)12(8-10)16(23)21-7-1-2-14(21)15(22)20-11-5-6-19-9-11/h3-4,8,11,14,19H,1-2,5-7,9H2,(H,20,22). The first-order chi connectivity index (χ1) is 11.1. The number of carbonyl (C=O) groups excluding carboxylic acids is 2. The van der Waals surface area contributed by atoms with Crippen LogP contribution in [0.1, 0.15) is 29.6 Å². The third-order valence-corrected chi connectivity index (χ3v) is 4.95. The molecule has 0 radical (unpaired) electrons. The average Bonchev–Trinajstić information content (AvgIpc) is 3.20. The van der Waals surface area contributed by atoms with E-state index in [1.54, 1.807) is 23.1 Å². The van der Waals surface area contributed by atoms with Crippen molar-refractivity contribution in [3.8, 4) is 0 Å². The van der Waals surface area contributed by atoms with Crippen LogP contribution in [0.25, 0.3) is 0 Å². The van der Waals surface area contributed by atoms with Gasteiger partial charge in [0.2, 0.25) is 5.91 Å². The van der Waals surface area contributed by atoms with Gasteiger partial charge in [-0.05, 0) is 44.0 Å². The van der Waals surface area contributed by atoms with E-state index in [4.69, 9.17) is 23.2 Å². The van der Waals surface area contributed by atoms with Crippen LogP contribution in [0.5, 0.6) is 0 Å². The molecule has 2 fully saturated rings. The fourth-order valence-corrected chi connectivity index (χ4v) is 3.54. The number of hydrogen-bond acceptors (Lipinski definition) is 3. The van der Waals surface area contributed by atoms with Crippen molar-refractivity contribution in [1.82, 2.24) is 15.5 Å². The second kappa shape index (κ2) is 7.07. The van der Waals surface area contributed by atoms with E-state index in [0.717, 1.165) is 25.9 Å². The first-order valence-corrected chi connectivity index (χ1v) is 8.59. The van der Waals surface area contributed by atoms with Gasteiger partial charge in [-0.15, -0.1) is 0 Å². The molecule has 5 nitrogen and oxygen atoms in total. The number of likely N-dealkylation sites (tertiary alicyclic amines) is 1. The van der Waals surface area contributed by atoms with Crippen LogP contribution in [0.4, 0.5) is 0 Å². The van der Waals surface area contributed by atoms with Crippen molar-refractivity contribution < 1.29 is 9.59 Å². The van der Waals surface area contributed by atoms with Gasteiger partial charge in [0.05, 0.1) is 10.6 Å². The summed E-state index contributed by atoms with van der Waals surface area (Å²) < 4.78 is 0. The van der Waals surface area contributed by atoms with Gasteiger partial charge < -0.3 is 15.5 Å². The molecule has 2 N–H and O–H groups in total. The van der Waals surface area contributed by atoms with Gasteiger partial charge in [0.25, 0.3) is 5.91 Å². The molecule has 0 aromatic heterocycles. The molecule has 2 amide bonds. The van der Waals surface area contributed by atoms with Crippen LogP contribution < -0.4 is 10.6 Å². The first kappa shape index (κ1) is 16.6. The second-order valence-electron chi connectivity index (χ2n) is 5.98. The normalized spacial score (nSPS) is 24.0. The summed E-state index contributed by atoms with van der Waals surface area (Å²) >= 11 is 12.1. The number of nitrogens with zero attached hydrogens (tertiary/aromatic N) is 1. The Kier molecular flexibility index (Phi) is 5.09. The number of carbonyl (C=O) groups is 2. The van der Waals surface area contributed by atoms with Crippen molar-refractivity contribution in [2.45, 2.75) is 31.3 Å². The number of rotatable bonds is 3. The fourth-order valence-electron chi connectivity index (χ4n) is 3.17. The Morgan fingerprint density at radius 3 is 2.83 bits per heavy atom. The molecule has 0 bridgehead atoms. The molecule has 2 saturated heterocycles. The van der Waals surface area contributed by atoms with Crippen LogP contribution in [-0.4, -0.2) is 48.4 Å². The van der Waals surface area contributed by atoms with E-state index in [-0.39, 0.29) is 17.9 Å². The summed E-state index contributed by atoms with van der Waals surface area (Å²) in [5, 5.41) is 7.05. The van der Waals surface area contributed by atoms with E-state index in [1.165, 1.54) is 0 Å². The molecule has 2 aliphatic rings. The van der Waals surface area contributed by atoms with Crippen LogP contribution in [0.15, 0.2) is 18.2 Å². The number of amides is 2. The molecule has 23 heavy (non-hydrogen) atoms. The summed E-state index contributed by atoms with van der Waals surface area (Å²) in [5.41, 5.74) is 0.349. The topological polar surface area (TPSA) is 61.4 Å². The van der Waals surface area contributed by atoms with Crippen LogP contribution in [0, 0.1) is 0 Å². The van der Waals surface area contributed by atoms with Crippen molar-refractivity contribution in [3.63, 3.8) is 0 Å². The zero-order chi connectivity index (χ0) is 16.4. The maximum absolute atomic E-state index is 12.8. The van der Waals surface area contributed by atoms with Gasteiger partial charge in [-0.1, -0.05) is 23.2 Å². The van der Waals surface area contributed by atoms with E-state index < -0.39 is 6.04 Å². The predicted octanol–water partition coefficient (Wildman–Crippen LogP) is 2.08. The Hall–Kier alpha value is -1.30. The summed E-state index contributed by atoms with van der Waals surface area (Å²) in [4.78, 5) is 26.9. The van der Waals surface area contributed by atoms with E-state index in [1.807, 2.05) is 0 Å². The third-order valence-electron chi connectivity index (χ3n) is 4.38. The minimum atomic E-state index is -0.432. The van der Waals surface area contributed by atoms with Crippen molar-refractivity contribution >= 4 is 35.0 Å². The molecule has 2 atom stereocenters. The number of hydrogen-bond donors (Lipinski definition) is 2. The van der Waals surface area contributed by atoms with Crippen molar-refractivity contribution in [2.24, 2.45) is 0 Å². The van der Waals surface area contributed by atoms with Gasteiger partial charge in [-0.2, -0.15) is 0 Å². The lowest BCUT2D eigenvalue weighted by Crippen LogP contribution is -2.49. The molecule has 1 aromatic rings. The summed E-state index contributed by atoms with van der Waals surface area (Å²) in [7, 11) is 0. The van der Waals surface area contributed by atoms with Gasteiger partial charge in [0.1, 0.15) is 6.04 Å². The molecule has 2 aliphatic heterocycles. The average molecular weight is 356 g/mol. The molecule has 3 rings (SSSR count). The lowest BCUT2D eigenvalue weighted by molar-refractivity contribution is -0.125. The Balaban J connectivity index is 1.73. The monoisotopic (exact) mass is 355 g/mol. The maximum Gasteiger partial charge on any atom is 0.256 e.